The fraction of sp³-hybridized carbons (Fsp3) is 0.263. The lowest BCUT2D eigenvalue weighted by atomic mass is 9.95. The van der Waals surface area contributed by atoms with Crippen LogP contribution in [0.2, 0.25) is 0 Å². The predicted molar refractivity (Wildman–Crippen MR) is 92.5 cm³/mol. The Balaban J connectivity index is 2.23. The van der Waals surface area contributed by atoms with Gasteiger partial charge in [0.1, 0.15) is 5.75 Å². The first kappa shape index (κ1) is 17.5. The molecular formula is C19H21NO4. The lowest BCUT2D eigenvalue weighted by molar-refractivity contribution is -0.140. The number of carbonyl (C=O) groups excluding carboxylic acids is 1. The summed E-state index contributed by atoms with van der Waals surface area (Å²) in [7, 11) is 1.52. The second kappa shape index (κ2) is 8.15. The molecule has 0 saturated carbocycles. The quantitative estimate of drug-likeness (QED) is 0.847. The van der Waals surface area contributed by atoms with Crippen LogP contribution in [0.15, 0.2) is 54.6 Å². The summed E-state index contributed by atoms with van der Waals surface area (Å²) < 4.78 is 5.14. The van der Waals surface area contributed by atoms with E-state index in [0.717, 1.165) is 5.69 Å². The normalized spacial score (nSPS) is 11.6. The summed E-state index contributed by atoms with van der Waals surface area (Å²) in [4.78, 5) is 25.9. The fourth-order valence-electron chi connectivity index (χ4n) is 2.60. The van der Waals surface area contributed by atoms with Crippen molar-refractivity contribution in [1.29, 1.82) is 0 Å². The van der Waals surface area contributed by atoms with Gasteiger partial charge in [-0.25, -0.2) is 0 Å². The monoisotopic (exact) mass is 327 g/mol. The van der Waals surface area contributed by atoms with Gasteiger partial charge in [-0.1, -0.05) is 30.3 Å². The molecule has 0 aliphatic carbocycles. The third-order valence-corrected chi connectivity index (χ3v) is 3.86. The van der Waals surface area contributed by atoms with Gasteiger partial charge in [0.15, 0.2) is 0 Å². The van der Waals surface area contributed by atoms with Crippen molar-refractivity contribution in [2.45, 2.75) is 19.3 Å². The van der Waals surface area contributed by atoms with Gasteiger partial charge in [0.25, 0.3) is 0 Å². The van der Waals surface area contributed by atoms with Crippen molar-refractivity contribution < 1.29 is 19.4 Å². The Morgan fingerprint density at radius 1 is 1.12 bits per heavy atom. The van der Waals surface area contributed by atoms with Crippen LogP contribution in [0.1, 0.15) is 24.8 Å². The standard InChI is InChI=1S/C19H21NO4/c1-3-20(15-9-5-4-6-10-15)18(21)13-17(19(22)23)14-8-7-11-16(12-14)24-2/h4-12,17H,3,13H2,1-2H3,(H,22,23). The molecule has 2 aromatic carbocycles. The molecule has 1 unspecified atom stereocenters. The fourth-order valence-corrected chi connectivity index (χ4v) is 2.60. The zero-order valence-corrected chi connectivity index (χ0v) is 13.8. The molecule has 0 radical (unpaired) electrons. The van der Waals surface area contributed by atoms with E-state index in [2.05, 4.69) is 0 Å². The van der Waals surface area contributed by atoms with Crippen LogP contribution in [-0.4, -0.2) is 30.6 Å². The van der Waals surface area contributed by atoms with E-state index in [9.17, 15) is 14.7 Å². The molecule has 2 aromatic rings. The molecule has 0 spiro atoms. The molecule has 0 heterocycles. The third-order valence-electron chi connectivity index (χ3n) is 3.86. The average Bonchev–Trinajstić information content (AvgIpc) is 2.61. The van der Waals surface area contributed by atoms with Gasteiger partial charge >= 0.3 is 5.97 Å². The minimum absolute atomic E-state index is 0.106. The molecule has 1 amide bonds. The lowest BCUT2D eigenvalue weighted by Crippen LogP contribution is -2.33. The van der Waals surface area contributed by atoms with Crippen molar-refractivity contribution in [2.75, 3.05) is 18.6 Å². The number of anilines is 1. The summed E-state index contributed by atoms with van der Waals surface area (Å²) in [5, 5.41) is 9.55. The third kappa shape index (κ3) is 4.13. The van der Waals surface area contributed by atoms with Gasteiger partial charge in [0, 0.05) is 18.7 Å². The van der Waals surface area contributed by atoms with Crippen LogP contribution in [0.3, 0.4) is 0 Å². The number of nitrogens with zero attached hydrogens (tertiary/aromatic N) is 1. The number of carboxylic acids is 1. The van der Waals surface area contributed by atoms with Crippen LogP contribution in [0.25, 0.3) is 0 Å². The van der Waals surface area contributed by atoms with E-state index in [-0.39, 0.29) is 12.3 Å². The number of carbonyl (C=O) groups is 2. The van der Waals surface area contributed by atoms with Crippen LogP contribution in [0.4, 0.5) is 5.69 Å². The van der Waals surface area contributed by atoms with Gasteiger partial charge in [-0.15, -0.1) is 0 Å². The zero-order chi connectivity index (χ0) is 17.5. The molecule has 1 atom stereocenters. The first-order valence-corrected chi connectivity index (χ1v) is 7.79. The molecule has 0 aromatic heterocycles. The van der Waals surface area contributed by atoms with Crippen LogP contribution >= 0.6 is 0 Å². The van der Waals surface area contributed by atoms with Crippen LogP contribution in [0, 0.1) is 0 Å². The lowest BCUT2D eigenvalue weighted by Gasteiger charge is -2.23. The van der Waals surface area contributed by atoms with E-state index in [4.69, 9.17) is 4.74 Å². The maximum absolute atomic E-state index is 12.6. The highest BCUT2D eigenvalue weighted by atomic mass is 16.5. The Morgan fingerprint density at radius 2 is 1.83 bits per heavy atom. The first-order valence-electron chi connectivity index (χ1n) is 7.79. The number of hydrogen-bond donors (Lipinski definition) is 1. The SMILES string of the molecule is CCN(C(=O)CC(C(=O)O)c1cccc(OC)c1)c1ccccc1. The molecule has 24 heavy (non-hydrogen) atoms. The van der Waals surface area contributed by atoms with Gasteiger partial charge in [0.2, 0.25) is 5.91 Å². The number of amides is 1. The summed E-state index contributed by atoms with van der Waals surface area (Å²) in [6.45, 7) is 2.35. The van der Waals surface area contributed by atoms with Crippen molar-refractivity contribution in [3.63, 3.8) is 0 Å². The van der Waals surface area contributed by atoms with Crippen molar-refractivity contribution >= 4 is 17.6 Å². The molecule has 1 N–H and O–H groups in total. The molecule has 126 valence electrons. The highest BCUT2D eigenvalue weighted by molar-refractivity contribution is 5.96. The largest absolute Gasteiger partial charge is 0.497 e. The maximum atomic E-state index is 12.6. The van der Waals surface area contributed by atoms with Crippen molar-refractivity contribution in [3.05, 3.63) is 60.2 Å². The second-order valence-corrected chi connectivity index (χ2v) is 5.35. The van der Waals surface area contributed by atoms with Crippen LogP contribution in [0.5, 0.6) is 5.75 Å². The van der Waals surface area contributed by atoms with E-state index >= 15 is 0 Å². The highest BCUT2D eigenvalue weighted by Gasteiger charge is 2.26. The molecule has 5 nitrogen and oxygen atoms in total. The van der Waals surface area contributed by atoms with Gasteiger partial charge in [-0.05, 0) is 36.8 Å². The number of ether oxygens (including phenoxy) is 1. The first-order chi connectivity index (χ1) is 11.6. The number of aliphatic carboxylic acids is 1. The van der Waals surface area contributed by atoms with E-state index in [1.165, 1.54) is 7.11 Å². The minimum Gasteiger partial charge on any atom is -0.497 e. The van der Waals surface area contributed by atoms with Gasteiger partial charge in [0.05, 0.1) is 13.0 Å². The van der Waals surface area contributed by atoms with Crippen molar-refractivity contribution in [1.82, 2.24) is 0 Å². The summed E-state index contributed by atoms with van der Waals surface area (Å²) in [6, 6.07) is 16.1. The number of benzene rings is 2. The van der Waals surface area contributed by atoms with Gasteiger partial charge in [-0.2, -0.15) is 0 Å². The van der Waals surface area contributed by atoms with E-state index < -0.39 is 11.9 Å². The molecule has 5 heteroatoms. The predicted octanol–water partition coefficient (Wildman–Crippen LogP) is 3.31. The Bertz CT molecular complexity index is 700. The summed E-state index contributed by atoms with van der Waals surface area (Å²) in [5.41, 5.74) is 1.32. The molecule has 0 saturated heterocycles. The van der Waals surface area contributed by atoms with Crippen LogP contribution < -0.4 is 9.64 Å². The van der Waals surface area contributed by atoms with Gasteiger partial charge in [-0.3, -0.25) is 9.59 Å². The maximum Gasteiger partial charge on any atom is 0.311 e. The molecule has 0 aliphatic heterocycles. The molecule has 0 aliphatic rings. The number of hydrogen-bond acceptors (Lipinski definition) is 3. The number of rotatable bonds is 7. The van der Waals surface area contributed by atoms with Crippen molar-refractivity contribution in [3.8, 4) is 5.75 Å². The summed E-state index contributed by atoms with van der Waals surface area (Å²) in [6.07, 6.45) is -0.106. The highest BCUT2D eigenvalue weighted by Crippen LogP contribution is 2.26. The summed E-state index contributed by atoms with van der Waals surface area (Å²) >= 11 is 0. The Hall–Kier alpha value is -2.82. The summed E-state index contributed by atoms with van der Waals surface area (Å²) in [5.74, 6) is -1.59. The van der Waals surface area contributed by atoms with E-state index in [1.54, 1.807) is 29.2 Å². The topological polar surface area (TPSA) is 66.8 Å². The van der Waals surface area contributed by atoms with E-state index in [1.807, 2.05) is 37.3 Å². The zero-order valence-electron chi connectivity index (χ0n) is 13.8. The minimum atomic E-state index is -1.03. The Morgan fingerprint density at radius 3 is 2.42 bits per heavy atom. The van der Waals surface area contributed by atoms with Crippen LogP contribution in [-0.2, 0) is 9.59 Å². The Kier molecular flexibility index (Phi) is 5.95. The number of carboxylic acid groups (broad SMARTS) is 1. The Labute approximate surface area is 141 Å². The average molecular weight is 327 g/mol. The smallest absolute Gasteiger partial charge is 0.311 e. The number of para-hydroxylation sites is 1. The number of methoxy groups -OCH3 is 1. The van der Waals surface area contributed by atoms with Gasteiger partial charge < -0.3 is 14.7 Å². The van der Waals surface area contributed by atoms with E-state index in [0.29, 0.717) is 17.9 Å². The van der Waals surface area contributed by atoms with Crippen molar-refractivity contribution in [2.24, 2.45) is 0 Å². The second-order valence-electron chi connectivity index (χ2n) is 5.35. The molecule has 0 bridgehead atoms. The molecular weight excluding hydrogens is 306 g/mol. The molecule has 2 rings (SSSR count). The molecule has 0 fully saturated rings.